The average Bonchev–Trinajstić information content (AvgIpc) is 3.24. The molecule has 2 rings (SSSR count). The predicted molar refractivity (Wildman–Crippen MR) is 141 cm³/mol. The molecule has 0 bridgehead atoms. The molecule has 1 aliphatic rings. The Labute approximate surface area is 224 Å². The van der Waals surface area contributed by atoms with Crippen LogP contribution in [0.15, 0.2) is 11.0 Å². The maximum Gasteiger partial charge on any atom is 0.373 e. The molecule has 1 aliphatic heterocycles. The number of aliphatic hydroxyl groups is 3. The first-order valence-electron chi connectivity index (χ1n) is 12.7. The van der Waals surface area contributed by atoms with Crippen LogP contribution in [0.5, 0.6) is 0 Å². The van der Waals surface area contributed by atoms with E-state index in [1.807, 2.05) is 25.3 Å². The number of ether oxygens (including phenoxy) is 1. The highest BCUT2D eigenvalue weighted by Crippen LogP contribution is 2.44. The van der Waals surface area contributed by atoms with Crippen molar-refractivity contribution in [3.8, 4) is 0 Å². The molecular weight excluding hydrogens is 496 g/mol. The summed E-state index contributed by atoms with van der Waals surface area (Å²) in [7, 11) is 0. The van der Waals surface area contributed by atoms with Crippen molar-refractivity contribution in [1.82, 2.24) is 4.98 Å². The van der Waals surface area contributed by atoms with Crippen LogP contribution in [-0.4, -0.2) is 62.2 Å². The number of epoxide rings is 1. The van der Waals surface area contributed by atoms with Gasteiger partial charge >= 0.3 is 6.15 Å². The molecule has 0 aliphatic carbocycles. The van der Waals surface area contributed by atoms with Gasteiger partial charge in [-0.15, -0.1) is 11.3 Å². The fraction of sp³-hybridized carbons (Fsp3) is 0.741. The molecule has 1 fully saturated rings. The summed E-state index contributed by atoms with van der Waals surface area (Å²) in [4.78, 5) is 33.3. The van der Waals surface area contributed by atoms with Gasteiger partial charge in [0, 0.05) is 22.8 Å². The first-order valence-corrected chi connectivity index (χ1v) is 13.6. The lowest BCUT2D eigenvalue weighted by Gasteiger charge is -2.33. The van der Waals surface area contributed by atoms with Crippen LogP contribution in [0.1, 0.15) is 84.9 Å². The van der Waals surface area contributed by atoms with Crippen molar-refractivity contribution in [2.75, 3.05) is 0 Å². The van der Waals surface area contributed by atoms with Crippen LogP contribution in [0.2, 0.25) is 0 Å². The maximum absolute atomic E-state index is 12.8. The molecular formula is C27H44N2O7S. The third-order valence-corrected chi connectivity index (χ3v) is 8.54. The Kier molecular flexibility index (Phi) is 12.9. The molecule has 0 amide bonds. The summed E-state index contributed by atoms with van der Waals surface area (Å²) in [5.41, 5.74) is 7.16. The smallest absolute Gasteiger partial charge is 0.373 e. The van der Waals surface area contributed by atoms with Crippen molar-refractivity contribution in [2.45, 2.75) is 111 Å². The molecule has 210 valence electrons. The van der Waals surface area contributed by atoms with Gasteiger partial charge in [-0.05, 0) is 52.0 Å². The zero-order valence-electron chi connectivity index (χ0n) is 23.1. The van der Waals surface area contributed by atoms with Gasteiger partial charge in [-0.25, -0.2) is 4.98 Å². The number of hydrogen-bond acceptors (Lipinski definition) is 10. The Morgan fingerprint density at radius 1 is 1.32 bits per heavy atom. The van der Waals surface area contributed by atoms with Gasteiger partial charge in [0.2, 0.25) is 0 Å². The number of nitrogens with zero attached hydrogens (tertiary/aromatic N) is 1. The Morgan fingerprint density at radius 2 is 1.92 bits per heavy atom. The van der Waals surface area contributed by atoms with Crippen molar-refractivity contribution in [1.29, 1.82) is 0 Å². The summed E-state index contributed by atoms with van der Waals surface area (Å²) < 4.78 is 6.00. The van der Waals surface area contributed by atoms with Gasteiger partial charge < -0.3 is 25.8 Å². The van der Waals surface area contributed by atoms with Crippen LogP contribution < -0.4 is 5.73 Å². The fourth-order valence-corrected chi connectivity index (χ4v) is 5.03. The molecule has 10 heteroatoms. The number of aromatic nitrogens is 1. The number of thiazole rings is 1. The monoisotopic (exact) mass is 540 g/mol. The summed E-state index contributed by atoms with van der Waals surface area (Å²) >= 11 is 1.43. The quantitative estimate of drug-likeness (QED) is 0.260. The molecule has 1 saturated heterocycles. The van der Waals surface area contributed by atoms with Crippen molar-refractivity contribution in [3.63, 3.8) is 0 Å². The van der Waals surface area contributed by atoms with Crippen molar-refractivity contribution in [3.05, 3.63) is 21.7 Å². The molecule has 9 nitrogen and oxygen atoms in total. The SMILES string of the molecule is C/C(=C\c1csc(CO)n1)C(N)C[C@@H]1O[C@]1(C)CCC[C@H](C)[C@H](O)[C@@H](C)C(=O)C(C)(C)[C@H](C)O.O=C=O. The molecule has 1 aromatic heterocycles. The van der Waals surface area contributed by atoms with Crippen molar-refractivity contribution in [2.24, 2.45) is 23.0 Å². The predicted octanol–water partition coefficient (Wildman–Crippen LogP) is 3.11. The summed E-state index contributed by atoms with van der Waals surface area (Å²) in [5.74, 6) is -0.667. The van der Waals surface area contributed by atoms with Gasteiger partial charge in [0.05, 0.1) is 36.2 Å². The zero-order valence-corrected chi connectivity index (χ0v) is 23.9. The first kappa shape index (κ1) is 33.2. The Bertz CT molecular complexity index is 939. The van der Waals surface area contributed by atoms with Gasteiger partial charge in [-0.2, -0.15) is 9.59 Å². The third-order valence-electron chi connectivity index (χ3n) is 7.69. The summed E-state index contributed by atoms with van der Waals surface area (Å²) in [6.45, 7) is 12.8. The highest BCUT2D eigenvalue weighted by molar-refractivity contribution is 7.09. The standard InChI is InChI=1S/C26H44N2O5S.CO2/c1-15(23(31)17(3)24(32)25(5,6)18(4)30)9-8-10-26(7)21(33-26)12-20(27)16(2)11-19-14-34-22(13-29)28-19;2-1-3/h11,14-15,17-18,20-21,23,29-31H,8-10,12-13,27H2,1-7H3;/b16-11+;/t15-,17+,18-,20?,21-,23-,26+;/m0./s1. The van der Waals surface area contributed by atoms with E-state index in [1.54, 1.807) is 27.7 Å². The van der Waals surface area contributed by atoms with Gasteiger partial charge in [-0.1, -0.05) is 39.7 Å². The zero-order chi connectivity index (χ0) is 28.6. The Balaban J connectivity index is 0.00000217. The average molecular weight is 541 g/mol. The minimum Gasteiger partial charge on any atom is -0.392 e. The summed E-state index contributed by atoms with van der Waals surface area (Å²) in [5, 5.41) is 32.4. The van der Waals surface area contributed by atoms with E-state index in [0.29, 0.717) is 5.01 Å². The lowest BCUT2D eigenvalue weighted by atomic mass is 9.74. The molecule has 0 radical (unpaired) electrons. The lowest BCUT2D eigenvalue weighted by molar-refractivity contribution is -0.191. The minimum atomic E-state index is -0.880. The van der Waals surface area contributed by atoms with Crippen LogP contribution in [0.3, 0.4) is 0 Å². The second kappa shape index (κ2) is 14.4. The second-order valence-electron chi connectivity index (χ2n) is 11.0. The van der Waals surface area contributed by atoms with E-state index in [-0.39, 0.29) is 42.2 Å². The van der Waals surface area contributed by atoms with Crippen LogP contribution in [-0.2, 0) is 25.7 Å². The first-order chi connectivity index (χ1) is 17.1. The van der Waals surface area contributed by atoms with Gasteiger partial charge in [0.25, 0.3) is 0 Å². The minimum absolute atomic E-state index is 0.0288. The van der Waals surface area contributed by atoms with Crippen molar-refractivity contribution < 1.29 is 34.4 Å². The number of carbonyl (C=O) groups excluding carboxylic acids is 3. The molecule has 0 spiro atoms. The molecule has 5 N–H and O–H groups in total. The lowest BCUT2D eigenvalue weighted by Crippen LogP contribution is -2.43. The third kappa shape index (κ3) is 9.48. The molecule has 0 saturated carbocycles. The van der Waals surface area contributed by atoms with E-state index < -0.39 is 23.5 Å². The number of aliphatic hydroxyl groups excluding tert-OH is 3. The number of rotatable bonds is 14. The molecule has 37 heavy (non-hydrogen) atoms. The van der Waals surface area contributed by atoms with Crippen LogP contribution in [0, 0.1) is 17.3 Å². The number of ketones is 1. The molecule has 7 atom stereocenters. The Hall–Kier alpha value is -1.78. The van der Waals surface area contributed by atoms with Crippen LogP contribution in [0.4, 0.5) is 0 Å². The number of carbonyl (C=O) groups is 1. The normalized spacial score (nSPS) is 23.6. The molecule has 1 aromatic rings. The number of Topliss-reactive ketones (excluding diaryl/α,β-unsaturated/α-hetero) is 1. The van der Waals surface area contributed by atoms with E-state index in [4.69, 9.17) is 25.2 Å². The van der Waals surface area contributed by atoms with Crippen molar-refractivity contribution >= 4 is 29.3 Å². The van der Waals surface area contributed by atoms with Crippen LogP contribution >= 0.6 is 11.3 Å². The van der Waals surface area contributed by atoms with E-state index in [0.717, 1.165) is 37.0 Å². The van der Waals surface area contributed by atoms with E-state index in [1.165, 1.54) is 11.3 Å². The largest absolute Gasteiger partial charge is 0.392 e. The van der Waals surface area contributed by atoms with E-state index >= 15 is 0 Å². The Morgan fingerprint density at radius 3 is 2.43 bits per heavy atom. The topological polar surface area (TPSA) is 163 Å². The van der Waals surface area contributed by atoms with Gasteiger partial charge in [0.1, 0.15) is 10.8 Å². The highest BCUT2D eigenvalue weighted by atomic mass is 32.1. The van der Waals surface area contributed by atoms with Gasteiger partial charge in [0.15, 0.2) is 0 Å². The highest BCUT2D eigenvalue weighted by Gasteiger charge is 2.51. The van der Waals surface area contributed by atoms with Gasteiger partial charge in [-0.3, -0.25) is 4.79 Å². The summed E-state index contributed by atoms with van der Waals surface area (Å²) in [6.07, 6.45) is 4.09. The van der Waals surface area contributed by atoms with E-state index in [9.17, 15) is 15.0 Å². The number of hydrogen-bond donors (Lipinski definition) is 4. The molecule has 0 aromatic carbocycles. The second-order valence-corrected chi connectivity index (χ2v) is 11.9. The fourth-order valence-electron chi connectivity index (χ4n) is 4.42. The maximum atomic E-state index is 12.8. The molecule has 2 heterocycles. The summed E-state index contributed by atoms with van der Waals surface area (Å²) in [6, 6.07) is -0.129. The van der Waals surface area contributed by atoms with E-state index in [2.05, 4.69) is 11.9 Å². The number of nitrogens with two attached hydrogens (primary N) is 1. The van der Waals surface area contributed by atoms with Crippen LogP contribution in [0.25, 0.3) is 6.08 Å². The molecule has 1 unspecified atom stereocenters.